The summed E-state index contributed by atoms with van der Waals surface area (Å²) in [7, 11) is 0. The van der Waals surface area contributed by atoms with Gasteiger partial charge in [0.05, 0.1) is 0 Å². The van der Waals surface area contributed by atoms with Crippen LogP contribution in [0.4, 0.5) is 0 Å². The highest BCUT2D eigenvalue weighted by molar-refractivity contribution is 6.48. The van der Waals surface area contributed by atoms with E-state index in [-0.39, 0.29) is 0 Å². The van der Waals surface area contributed by atoms with Crippen molar-refractivity contribution in [1.82, 2.24) is 0 Å². The highest BCUT2D eigenvalue weighted by Gasteiger charge is 2.25. The Morgan fingerprint density at radius 3 is 0.625 bits per heavy atom. The fourth-order valence-electron chi connectivity index (χ4n) is 10.4. The maximum absolute atomic E-state index is 2.50. The van der Waals surface area contributed by atoms with Crippen LogP contribution in [-0.4, -0.2) is 0 Å². The van der Waals surface area contributed by atoms with Crippen LogP contribution in [0.25, 0.3) is 140 Å². The van der Waals surface area contributed by atoms with Gasteiger partial charge in [0.1, 0.15) is 0 Å². The van der Waals surface area contributed by atoms with Crippen molar-refractivity contribution in [3.05, 3.63) is 133 Å². The fraction of sp³-hybridized carbons (Fsp3) is 0. The molecule has 0 heterocycles. The Balaban J connectivity index is 1.26. The molecule has 0 nitrogen and oxygen atoms in total. The minimum absolute atomic E-state index is 1.32. The van der Waals surface area contributed by atoms with Crippen LogP contribution in [0, 0.1) is 0 Å². The van der Waals surface area contributed by atoms with E-state index in [1.165, 1.54) is 140 Å². The van der Waals surface area contributed by atoms with E-state index < -0.39 is 0 Å². The lowest BCUT2D eigenvalue weighted by atomic mass is 9.79. The van der Waals surface area contributed by atoms with Crippen LogP contribution < -0.4 is 0 Å². The first-order valence-electron chi connectivity index (χ1n) is 17.0. The summed E-state index contributed by atoms with van der Waals surface area (Å²) in [5.41, 5.74) is 2.65. The molecule has 14 rings (SSSR count). The molecule has 14 aromatic rings. The van der Waals surface area contributed by atoms with Gasteiger partial charge in [-0.1, -0.05) is 121 Å². The Labute approximate surface area is 273 Å². The molecule has 0 aromatic heterocycles. The molecule has 0 bridgehead atoms. The predicted octanol–water partition coefficient (Wildman–Crippen LogP) is 13.8. The van der Waals surface area contributed by atoms with Gasteiger partial charge in [0.2, 0.25) is 0 Å². The maximum Gasteiger partial charge on any atom is -0.000762 e. The van der Waals surface area contributed by atoms with Gasteiger partial charge in [0, 0.05) is 0 Å². The van der Waals surface area contributed by atoms with Crippen molar-refractivity contribution < 1.29 is 0 Å². The van der Waals surface area contributed by atoms with Gasteiger partial charge in [-0.05, 0) is 153 Å². The first kappa shape index (κ1) is 23.1. The van der Waals surface area contributed by atoms with Crippen molar-refractivity contribution in [3.8, 4) is 11.1 Å². The van der Waals surface area contributed by atoms with Gasteiger partial charge in [-0.3, -0.25) is 0 Å². The monoisotopic (exact) mass is 598 g/mol. The molecule has 214 valence electrons. The van der Waals surface area contributed by atoms with Gasteiger partial charge in [0.25, 0.3) is 0 Å². The minimum Gasteiger partial charge on any atom is -0.0537 e. The Morgan fingerprint density at radius 2 is 0.354 bits per heavy atom. The number of benzene rings is 14. The molecule has 0 fully saturated rings. The standard InChI is InChI=1S/C48H22/c1-5-25-9-11-29-17-19-33-35(21-31-15-13-27-7-3-23(1)37-39(25)43(29)47(33)45(31)41(27)37)36-22-32-16-14-28-8-4-24-2-6-26-10-12-30-18-20-34(36)48-44(30)40(26)38(24)42(28)46(32)48/h1-22H. The van der Waals surface area contributed by atoms with Crippen LogP contribution >= 0.6 is 0 Å². The maximum atomic E-state index is 2.50. The summed E-state index contributed by atoms with van der Waals surface area (Å²) in [5, 5.41) is 32.9. The molecule has 48 heavy (non-hydrogen) atoms. The van der Waals surface area contributed by atoms with Crippen LogP contribution in [-0.2, 0) is 0 Å². The van der Waals surface area contributed by atoms with Gasteiger partial charge in [-0.2, -0.15) is 0 Å². The second-order valence-corrected chi connectivity index (χ2v) is 14.3. The lowest BCUT2D eigenvalue weighted by molar-refractivity contribution is 1.75. The normalized spacial score (nSPS) is 13.4. The van der Waals surface area contributed by atoms with Gasteiger partial charge in [0.15, 0.2) is 0 Å². The summed E-state index contributed by atoms with van der Waals surface area (Å²) in [5.74, 6) is 0. The van der Waals surface area contributed by atoms with Crippen molar-refractivity contribution >= 4 is 129 Å². The lowest BCUT2D eigenvalue weighted by Crippen LogP contribution is -1.96. The average molecular weight is 599 g/mol. The third kappa shape index (κ3) is 2.34. The zero-order chi connectivity index (χ0) is 30.6. The highest BCUT2D eigenvalue weighted by atomic mass is 14.3. The van der Waals surface area contributed by atoms with Gasteiger partial charge in [-0.25, -0.2) is 0 Å². The van der Waals surface area contributed by atoms with E-state index in [0.717, 1.165) is 0 Å². The van der Waals surface area contributed by atoms with E-state index in [0.29, 0.717) is 0 Å². The third-order valence-corrected chi connectivity index (χ3v) is 12.3. The van der Waals surface area contributed by atoms with Crippen molar-refractivity contribution in [1.29, 1.82) is 0 Å². The largest absolute Gasteiger partial charge is 0.0537 e. The molecule has 0 unspecified atom stereocenters. The Hall–Kier alpha value is -6.24. The summed E-state index contributed by atoms with van der Waals surface area (Å²) in [6, 6.07) is 51.8. The molecule has 0 saturated carbocycles. The average Bonchev–Trinajstić information content (AvgIpc) is 3.15. The van der Waals surface area contributed by atoms with Crippen LogP contribution in [0.2, 0.25) is 0 Å². The van der Waals surface area contributed by atoms with Crippen LogP contribution in [0.5, 0.6) is 0 Å². The summed E-state index contributed by atoms with van der Waals surface area (Å²) in [6.07, 6.45) is 0. The van der Waals surface area contributed by atoms with Gasteiger partial charge < -0.3 is 0 Å². The molecule has 0 spiro atoms. The van der Waals surface area contributed by atoms with Crippen LogP contribution in [0.15, 0.2) is 133 Å². The van der Waals surface area contributed by atoms with Crippen molar-refractivity contribution in [2.24, 2.45) is 0 Å². The van der Waals surface area contributed by atoms with Crippen molar-refractivity contribution in [3.63, 3.8) is 0 Å². The molecular weight excluding hydrogens is 577 g/mol. The van der Waals surface area contributed by atoms with E-state index in [1.54, 1.807) is 0 Å². The summed E-state index contributed by atoms with van der Waals surface area (Å²) >= 11 is 0. The van der Waals surface area contributed by atoms with E-state index in [1.807, 2.05) is 0 Å². The number of hydrogen-bond acceptors (Lipinski definition) is 0. The zero-order valence-electron chi connectivity index (χ0n) is 25.7. The first-order valence-corrected chi connectivity index (χ1v) is 17.0. The Bertz CT molecular complexity index is 3300. The topological polar surface area (TPSA) is 0 Å². The summed E-state index contributed by atoms with van der Waals surface area (Å²) in [6.45, 7) is 0. The van der Waals surface area contributed by atoms with Crippen molar-refractivity contribution in [2.45, 2.75) is 0 Å². The first-order chi connectivity index (χ1) is 23.8. The molecule has 0 amide bonds. The second kappa shape index (κ2) is 7.33. The number of hydrogen-bond donors (Lipinski definition) is 0. The number of rotatable bonds is 1. The lowest BCUT2D eigenvalue weighted by Gasteiger charge is -2.24. The minimum atomic E-state index is 1.32. The molecule has 0 aliphatic rings. The molecule has 14 aromatic carbocycles. The molecular formula is C48H22. The summed E-state index contributed by atoms with van der Waals surface area (Å²) < 4.78 is 0. The molecule has 0 radical (unpaired) electrons. The Kier molecular flexibility index (Phi) is 3.53. The molecule has 0 N–H and O–H groups in total. The molecule has 0 heteroatoms. The van der Waals surface area contributed by atoms with Crippen molar-refractivity contribution in [2.75, 3.05) is 0 Å². The molecule has 0 saturated heterocycles. The smallest absolute Gasteiger partial charge is 0.000762 e. The van der Waals surface area contributed by atoms with E-state index in [4.69, 9.17) is 0 Å². The van der Waals surface area contributed by atoms with Gasteiger partial charge >= 0.3 is 0 Å². The zero-order valence-corrected chi connectivity index (χ0v) is 25.7. The quantitative estimate of drug-likeness (QED) is 0.130. The molecule has 0 aliphatic heterocycles. The highest BCUT2D eigenvalue weighted by Crippen LogP contribution is 2.54. The van der Waals surface area contributed by atoms with Crippen LogP contribution in [0.3, 0.4) is 0 Å². The Morgan fingerprint density at radius 1 is 0.167 bits per heavy atom. The SMILES string of the molecule is c1cc2ccc3ccc4c(-c5cc6ccc7ccc8ccc9ccc%10ccc5c5c%10c9c8c7c65)cc5ccc6ccc1c1c2c3c4c5c61. The molecule has 0 atom stereocenters. The third-order valence-electron chi connectivity index (χ3n) is 12.3. The van der Waals surface area contributed by atoms with Gasteiger partial charge in [-0.15, -0.1) is 0 Å². The predicted molar refractivity (Wildman–Crippen MR) is 209 cm³/mol. The second-order valence-electron chi connectivity index (χ2n) is 14.3. The summed E-state index contributed by atoms with van der Waals surface area (Å²) in [4.78, 5) is 0. The van der Waals surface area contributed by atoms with Crippen LogP contribution in [0.1, 0.15) is 0 Å². The van der Waals surface area contributed by atoms with E-state index >= 15 is 0 Å². The molecule has 0 aliphatic carbocycles. The van der Waals surface area contributed by atoms with E-state index in [2.05, 4.69) is 133 Å². The fourth-order valence-corrected chi connectivity index (χ4v) is 10.4. The van der Waals surface area contributed by atoms with E-state index in [9.17, 15) is 0 Å².